The fourth-order valence-corrected chi connectivity index (χ4v) is 0.279. The van der Waals surface area contributed by atoms with Crippen molar-refractivity contribution in [2.75, 3.05) is 0 Å². The number of hydrogen-bond donors (Lipinski definition) is 1. The minimum atomic E-state index is -4.28. The Morgan fingerprint density at radius 2 is 1.80 bits per heavy atom. The molecule has 1 atom stereocenters. The van der Waals surface area contributed by atoms with Crippen molar-refractivity contribution in [1.82, 2.24) is 0 Å². The Hall–Kier alpha value is -0.220. The molecule has 0 radical (unpaired) electrons. The zero-order chi connectivity index (χ0) is 7.65. The van der Waals surface area contributed by atoms with E-state index >= 15 is 0 Å². The first kappa shape index (κ1) is 12.5. The van der Waals surface area contributed by atoms with E-state index in [1.165, 1.54) is 6.92 Å². The molecule has 10 heavy (non-hydrogen) atoms. The molecule has 0 heterocycles. The van der Waals surface area contributed by atoms with E-state index in [4.69, 9.17) is 0 Å². The molecule has 5 heteroatoms. The van der Waals surface area contributed by atoms with Gasteiger partial charge in [0.1, 0.15) is 6.04 Å². The Labute approximate surface area is 63.5 Å². The van der Waals surface area contributed by atoms with Crippen molar-refractivity contribution >= 4 is 0 Å². The highest BCUT2D eigenvalue weighted by Crippen LogP contribution is 2.24. The standard InChI is InChI=1S/C5H8F3N.ClH/c1-3(4(2)9)5(6,7)8;/h4H,1,9H2,2H3;1H. The van der Waals surface area contributed by atoms with Gasteiger partial charge in [0, 0.05) is 0 Å². The van der Waals surface area contributed by atoms with E-state index in [0.29, 0.717) is 0 Å². The predicted molar refractivity (Wildman–Crippen MR) is 27.5 cm³/mol. The Kier molecular flexibility index (Phi) is 4.77. The van der Waals surface area contributed by atoms with Crippen LogP contribution in [0.1, 0.15) is 6.92 Å². The molecule has 0 aromatic carbocycles. The van der Waals surface area contributed by atoms with Gasteiger partial charge < -0.3 is 18.1 Å². The summed E-state index contributed by atoms with van der Waals surface area (Å²) in [5.41, 5.74) is 2.41. The topological polar surface area (TPSA) is 27.6 Å². The fourth-order valence-electron chi connectivity index (χ4n) is 0.279. The van der Waals surface area contributed by atoms with E-state index in [-0.39, 0.29) is 12.4 Å². The summed E-state index contributed by atoms with van der Waals surface area (Å²) < 4.78 is 34.7. The molecule has 0 aromatic heterocycles. The van der Waals surface area contributed by atoms with Crippen LogP contribution >= 0.6 is 0 Å². The van der Waals surface area contributed by atoms with Crippen molar-refractivity contribution in [3.8, 4) is 0 Å². The highest BCUT2D eigenvalue weighted by atomic mass is 35.5. The van der Waals surface area contributed by atoms with Crippen LogP contribution in [0.3, 0.4) is 0 Å². The third kappa shape index (κ3) is 3.74. The SMILES string of the molecule is C=C(C(C)[NH3+])C(F)(F)F.[Cl-]. The quantitative estimate of drug-likeness (QED) is 0.436. The van der Waals surface area contributed by atoms with Crippen LogP contribution in [0.25, 0.3) is 0 Å². The smallest absolute Gasteiger partial charge is 0.417 e. The zero-order valence-electron chi connectivity index (χ0n) is 5.50. The first-order valence-corrected chi connectivity index (χ1v) is 2.44. The van der Waals surface area contributed by atoms with Gasteiger partial charge in [-0.15, -0.1) is 0 Å². The first-order valence-electron chi connectivity index (χ1n) is 2.44. The van der Waals surface area contributed by atoms with Gasteiger partial charge in [-0.3, -0.25) is 0 Å². The van der Waals surface area contributed by atoms with Gasteiger partial charge in [-0.25, -0.2) is 0 Å². The minimum Gasteiger partial charge on any atom is -1.00 e. The molecular weight excluding hydrogens is 167 g/mol. The minimum absolute atomic E-state index is 0. The maximum Gasteiger partial charge on any atom is 0.417 e. The van der Waals surface area contributed by atoms with Gasteiger partial charge >= 0.3 is 6.18 Å². The lowest BCUT2D eigenvalue weighted by Crippen LogP contribution is -3.00. The van der Waals surface area contributed by atoms with Crippen LogP contribution in [-0.2, 0) is 0 Å². The van der Waals surface area contributed by atoms with Gasteiger partial charge in [-0.05, 0) is 6.92 Å². The second-order valence-electron chi connectivity index (χ2n) is 1.92. The molecule has 0 aliphatic carbocycles. The third-order valence-corrected chi connectivity index (χ3v) is 0.959. The number of rotatable bonds is 1. The fraction of sp³-hybridized carbons (Fsp3) is 0.600. The highest BCUT2D eigenvalue weighted by molar-refractivity contribution is 5.06. The molecule has 1 unspecified atom stereocenters. The van der Waals surface area contributed by atoms with Crippen LogP contribution in [-0.4, -0.2) is 12.2 Å². The molecule has 0 aromatic rings. The van der Waals surface area contributed by atoms with E-state index < -0.39 is 17.8 Å². The molecule has 62 valence electrons. The Bertz CT molecular complexity index is 119. The van der Waals surface area contributed by atoms with E-state index in [1.54, 1.807) is 0 Å². The third-order valence-electron chi connectivity index (χ3n) is 0.959. The maximum absolute atomic E-state index is 11.6. The summed E-state index contributed by atoms with van der Waals surface area (Å²) in [6.07, 6.45) is -4.28. The largest absolute Gasteiger partial charge is 1.00 e. The number of halogens is 4. The van der Waals surface area contributed by atoms with Crippen molar-refractivity contribution in [3.63, 3.8) is 0 Å². The van der Waals surface area contributed by atoms with Gasteiger partial charge in [0.25, 0.3) is 0 Å². The van der Waals surface area contributed by atoms with Crippen molar-refractivity contribution in [2.24, 2.45) is 0 Å². The molecule has 1 nitrogen and oxygen atoms in total. The van der Waals surface area contributed by atoms with Gasteiger partial charge in [0.15, 0.2) is 0 Å². The molecule has 3 N–H and O–H groups in total. The molecule has 0 spiro atoms. The van der Waals surface area contributed by atoms with Gasteiger partial charge in [-0.2, -0.15) is 13.2 Å². The Morgan fingerprint density at radius 1 is 1.50 bits per heavy atom. The number of hydrogen-bond acceptors (Lipinski definition) is 0. The van der Waals surface area contributed by atoms with Crippen LogP contribution in [0, 0.1) is 0 Å². The van der Waals surface area contributed by atoms with Crippen molar-refractivity contribution in [3.05, 3.63) is 12.2 Å². The van der Waals surface area contributed by atoms with E-state index in [1.807, 2.05) is 0 Å². The monoisotopic (exact) mass is 175 g/mol. The lowest BCUT2D eigenvalue weighted by atomic mass is 10.1. The van der Waals surface area contributed by atoms with Crippen molar-refractivity contribution in [1.29, 1.82) is 0 Å². The summed E-state index contributed by atoms with van der Waals surface area (Å²) in [5.74, 6) is 0. The van der Waals surface area contributed by atoms with E-state index in [9.17, 15) is 13.2 Å². The van der Waals surface area contributed by atoms with Gasteiger partial charge in [0.05, 0.1) is 5.57 Å². The molecule has 0 aliphatic rings. The second-order valence-corrected chi connectivity index (χ2v) is 1.92. The Balaban J connectivity index is 0. The lowest BCUT2D eigenvalue weighted by molar-refractivity contribution is -0.407. The summed E-state index contributed by atoms with van der Waals surface area (Å²) in [4.78, 5) is 0. The first-order chi connectivity index (χ1) is 3.85. The summed E-state index contributed by atoms with van der Waals surface area (Å²) in [6.45, 7) is 4.19. The summed E-state index contributed by atoms with van der Waals surface area (Å²) in [6, 6.07) is -0.759. The number of alkyl halides is 3. The lowest BCUT2D eigenvalue weighted by Gasteiger charge is -2.09. The molecule has 0 amide bonds. The molecule has 0 bridgehead atoms. The van der Waals surface area contributed by atoms with Crippen molar-refractivity contribution in [2.45, 2.75) is 19.1 Å². The van der Waals surface area contributed by atoms with Crippen molar-refractivity contribution < 1.29 is 31.3 Å². The summed E-state index contributed by atoms with van der Waals surface area (Å²) >= 11 is 0. The van der Waals surface area contributed by atoms with E-state index in [2.05, 4.69) is 12.3 Å². The van der Waals surface area contributed by atoms with Gasteiger partial charge in [0.2, 0.25) is 0 Å². The predicted octanol–water partition coefficient (Wildman–Crippen LogP) is -2.26. The molecular formula is C5H9ClF3N. The Morgan fingerprint density at radius 3 is 1.80 bits per heavy atom. The normalized spacial score (nSPS) is 13.7. The average Bonchev–Trinajstić information content (AvgIpc) is 1.62. The molecule has 0 fully saturated rings. The maximum atomic E-state index is 11.6. The zero-order valence-corrected chi connectivity index (χ0v) is 6.26. The van der Waals surface area contributed by atoms with Crippen LogP contribution in [0.4, 0.5) is 13.2 Å². The van der Waals surface area contributed by atoms with Crippen LogP contribution < -0.4 is 18.1 Å². The molecule has 0 rings (SSSR count). The second kappa shape index (κ2) is 3.83. The highest BCUT2D eigenvalue weighted by Gasteiger charge is 2.35. The summed E-state index contributed by atoms with van der Waals surface area (Å²) in [7, 11) is 0. The summed E-state index contributed by atoms with van der Waals surface area (Å²) in [5, 5.41) is 0. The van der Waals surface area contributed by atoms with Crippen LogP contribution in [0.5, 0.6) is 0 Å². The molecule has 0 saturated heterocycles. The number of quaternary nitrogens is 1. The molecule has 0 saturated carbocycles. The molecule has 0 aliphatic heterocycles. The van der Waals surface area contributed by atoms with Crippen LogP contribution in [0.15, 0.2) is 12.2 Å². The van der Waals surface area contributed by atoms with Gasteiger partial charge in [-0.1, -0.05) is 6.58 Å². The van der Waals surface area contributed by atoms with E-state index in [0.717, 1.165) is 0 Å². The van der Waals surface area contributed by atoms with Crippen LogP contribution in [0.2, 0.25) is 0 Å². The average molecular weight is 176 g/mol.